The number of fused-ring (bicyclic) bond motifs is 1. The Morgan fingerprint density at radius 3 is 2.68 bits per heavy atom. The van der Waals surface area contributed by atoms with Crippen LogP contribution in [0, 0.1) is 0 Å². The van der Waals surface area contributed by atoms with Gasteiger partial charge in [-0.05, 0) is 24.3 Å². The Kier molecular flexibility index (Phi) is 2.64. The molecule has 0 spiro atoms. The Morgan fingerprint density at radius 2 is 1.89 bits per heavy atom. The zero-order valence-corrected chi connectivity index (χ0v) is 9.83. The third-order valence-electron chi connectivity index (χ3n) is 2.68. The minimum absolute atomic E-state index is 0.133. The number of hydrogen-bond acceptors (Lipinski definition) is 4. The van der Waals surface area contributed by atoms with Crippen LogP contribution in [0.2, 0.25) is 0 Å². The van der Waals surface area contributed by atoms with Crippen LogP contribution in [0.3, 0.4) is 0 Å². The molecule has 0 amide bonds. The van der Waals surface area contributed by atoms with Crippen molar-refractivity contribution in [1.29, 1.82) is 0 Å². The molecular weight excluding hydrogens is 244 g/mol. The summed E-state index contributed by atoms with van der Waals surface area (Å²) in [5.41, 5.74) is -0.196. The molecule has 5 heteroatoms. The van der Waals surface area contributed by atoms with E-state index in [2.05, 4.69) is 9.97 Å². The fraction of sp³-hybridized carbons (Fsp3) is 0. The van der Waals surface area contributed by atoms with Gasteiger partial charge in [-0.1, -0.05) is 18.2 Å². The molecule has 0 saturated carbocycles. The van der Waals surface area contributed by atoms with Gasteiger partial charge in [-0.2, -0.15) is 0 Å². The van der Waals surface area contributed by atoms with Crippen LogP contribution in [0.25, 0.3) is 11.0 Å². The summed E-state index contributed by atoms with van der Waals surface area (Å²) in [4.78, 5) is 18.4. The van der Waals surface area contributed by atoms with Gasteiger partial charge in [0.1, 0.15) is 11.4 Å². The van der Waals surface area contributed by atoms with Crippen LogP contribution in [-0.4, -0.2) is 15.1 Å². The average molecular weight is 254 g/mol. The standard InChI is InChI=1S/C14H10N2O3/c17-11-10-7-4-8-15-13(10)16-14(18)12(11)19-9-5-2-1-3-6-9/h1-8H,(H2,15,16,17,18). The van der Waals surface area contributed by atoms with E-state index in [1.54, 1.807) is 36.4 Å². The predicted molar refractivity (Wildman–Crippen MR) is 70.5 cm³/mol. The van der Waals surface area contributed by atoms with Gasteiger partial charge in [0.05, 0.1) is 5.39 Å². The maximum Gasteiger partial charge on any atom is 0.296 e. The number of benzene rings is 1. The third-order valence-corrected chi connectivity index (χ3v) is 2.68. The monoisotopic (exact) mass is 254 g/mol. The van der Waals surface area contributed by atoms with Crippen LogP contribution in [-0.2, 0) is 0 Å². The van der Waals surface area contributed by atoms with Crippen molar-refractivity contribution in [2.24, 2.45) is 0 Å². The minimum atomic E-state index is -0.521. The third kappa shape index (κ3) is 2.01. The lowest BCUT2D eigenvalue weighted by atomic mass is 10.2. The molecule has 2 aromatic heterocycles. The van der Waals surface area contributed by atoms with E-state index in [1.165, 1.54) is 6.20 Å². The number of aromatic amines is 1. The number of ether oxygens (including phenoxy) is 1. The molecule has 94 valence electrons. The van der Waals surface area contributed by atoms with Gasteiger partial charge in [-0.15, -0.1) is 0 Å². The zero-order valence-electron chi connectivity index (χ0n) is 9.83. The Morgan fingerprint density at radius 1 is 1.11 bits per heavy atom. The molecule has 2 heterocycles. The molecule has 19 heavy (non-hydrogen) atoms. The first-order valence-electron chi connectivity index (χ1n) is 5.68. The smallest absolute Gasteiger partial charge is 0.296 e. The van der Waals surface area contributed by atoms with E-state index in [0.717, 1.165) is 0 Å². The lowest BCUT2D eigenvalue weighted by Crippen LogP contribution is -2.09. The van der Waals surface area contributed by atoms with Gasteiger partial charge in [0.25, 0.3) is 5.56 Å². The number of aromatic hydroxyl groups is 1. The summed E-state index contributed by atoms with van der Waals surface area (Å²) in [5.74, 6) is 0.133. The van der Waals surface area contributed by atoms with E-state index in [-0.39, 0.29) is 11.5 Å². The summed E-state index contributed by atoms with van der Waals surface area (Å²) in [7, 11) is 0. The van der Waals surface area contributed by atoms with Crippen molar-refractivity contribution < 1.29 is 9.84 Å². The molecule has 3 rings (SSSR count). The summed E-state index contributed by atoms with van der Waals surface area (Å²) >= 11 is 0. The van der Waals surface area contributed by atoms with Crippen molar-refractivity contribution in [3.63, 3.8) is 0 Å². The zero-order chi connectivity index (χ0) is 13.2. The summed E-state index contributed by atoms with van der Waals surface area (Å²) in [6.45, 7) is 0. The molecule has 0 bridgehead atoms. The van der Waals surface area contributed by atoms with Gasteiger partial charge < -0.3 is 14.8 Å². The molecule has 0 radical (unpaired) electrons. The molecular formula is C14H10N2O3. The second-order valence-electron chi connectivity index (χ2n) is 3.95. The molecule has 2 N–H and O–H groups in total. The largest absolute Gasteiger partial charge is 0.504 e. The number of pyridine rings is 2. The molecule has 0 aliphatic rings. The van der Waals surface area contributed by atoms with E-state index in [0.29, 0.717) is 16.8 Å². The Bertz CT molecular complexity index is 782. The number of aromatic nitrogens is 2. The van der Waals surface area contributed by atoms with E-state index in [1.807, 2.05) is 6.07 Å². The van der Waals surface area contributed by atoms with Gasteiger partial charge >= 0.3 is 0 Å². The van der Waals surface area contributed by atoms with Crippen LogP contribution >= 0.6 is 0 Å². The van der Waals surface area contributed by atoms with Crippen molar-refractivity contribution in [1.82, 2.24) is 9.97 Å². The van der Waals surface area contributed by atoms with Crippen LogP contribution < -0.4 is 10.3 Å². The predicted octanol–water partition coefficient (Wildman–Crippen LogP) is 2.42. The van der Waals surface area contributed by atoms with E-state index >= 15 is 0 Å². The SMILES string of the molecule is O=c1[nH]c2ncccc2c(O)c1Oc1ccccc1. The molecule has 1 aromatic carbocycles. The number of nitrogens with one attached hydrogen (secondary N) is 1. The summed E-state index contributed by atoms with van der Waals surface area (Å²) in [6.07, 6.45) is 1.54. The van der Waals surface area contributed by atoms with Gasteiger partial charge in [0.2, 0.25) is 5.75 Å². The maximum absolute atomic E-state index is 11.9. The highest BCUT2D eigenvalue weighted by Gasteiger charge is 2.14. The molecule has 0 atom stereocenters. The molecule has 3 aromatic rings. The van der Waals surface area contributed by atoms with Crippen LogP contribution in [0.5, 0.6) is 17.2 Å². The van der Waals surface area contributed by atoms with Crippen molar-refractivity contribution in [2.45, 2.75) is 0 Å². The van der Waals surface area contributed by atoms with Gasteiger partial charge in [-0.25, -0.2) is 4.98 Å². The minimum Gasteiger partial charge on any atom is -0.504 e. The number of H-pyrrole nitrogens is 1. The van der Waals surface area contributed by atoms with Crippen molar-refractivity contribution in [2.75, 3.05) is 0 Å². The molecule has 0 aliphatic carbocycles. The van der Waals surface area contributed by atoms with Crippen molar-refractivity contribution >= 4 is 11.0 Å². The van der Waals surface area contributed by atoms with Crippen molar-refractivity contribution in [3.8, 4) is 17.2 Å². The summed E-state index contributed by atoms with van der Waals surface area (Å²) < 4.78 is 5.43. The number of nitrogens with zero attached hydrogens (tertiary/aromatic N) is 1. The molecule has 0 saturated heterocycles. The highest BCUT2D eigenvalue weighted by Crippen LogP contribution is 2.31. The first-order valence-corrected chi connectivity index (χ1v) is 5.68. The average Bonchev–Trinajstić information content (AvgIpc) is 2.45. The van der Waals surface area contributed by atoms with E-state index in [9.17, 15) is 9.90 Å². The molecule has 0 aliphatic heterocycles. The fourth-order valence-electron chi connectivity index (χ4n) is 1.79. The van der Waals surface area contributed by atoms with E-state index in [4.69, 9.17) is 4.74 Å². The lowest BCUT2D eigenvalue weighted by Gasteiger charge is -2.08. The lowest BCUT2D eigenvalue weighted by molar-refractivity contribution is 0.410. The maximum atomic E-state index is 11.9. The molecule has 0 unspecified atom stereocenters. The first kappa shape index (κ1) is 11.3. The molecule has 5 nitrogen and oxygen atoms in total. The number of rotatable bonds is 2. The number of para-hydroxylation sites is 1. The van der Waals surface area contributed by atoms with Crippen LogP contribution in [0.1, 0.15) is 0 Å². The van der Waals surface area contributed by atoms with E-state index < -0.39 is 5.56 Å². The summed E-state index contributed by atoms with van der Waals surface area (Å²) in [6, 6.07) is 12.1. The normalized spacial score (nSPS) is 10.5. The summed E-state index contributed by atoms with van der Waals surface area (Å²) in [5, 5.41) is 10.5. The quantitative estimate of drug-likeness (QED) is 0.736. The Hall–Kier alpha value is -2.82. The van der Waals surface area contributed by atoms with Gasteiger partial charge in [0, 0.05) is 6.20 Å². The van der Waals surface area contributed by atoms with Crippen LogP contribution in [0.15, 0.2) is 53.5 Å². The highest BCUT2D eigenvalue weighted by molar-refractivity contribution is 5.83. The Labute approximate surface area is 108 Å². The Balaban J connectivity index is 2.16. The topological polar surface area (TPSA) is 75.2 Å². The first-order chi connectivity index (χ1) is 9.25. The van der Waals surface area contributed by atoms with Gasteiger partial charge in [0.15, 0.2) is 5.75 Å². The number of hydrogen-bond donors (Lipinski definition) is 2. The second kappa shape index (κ2) is 4.45. The van der Waals surface area contributed by atoms with Crippen LogP contribution in [0.4, 0.5) is 0 Å². The van der Waals surface area contributed by atoms with Gasteiger partial charge in [-0.3, -0.25) is 4.79 Å². The molecule has 0 fully saturated rings. The van der Waals surface area contributed by atoms with Crippen molar-refractivity contribution in [3.05, 3.63) is 59.0 Å². The second-order valence-corrected chi connectivity index (χ2v) is 3.95. The highest BCUT2D eigenvalue weighted by atomic mass is 16.5. The fourth-order valence-corrected chi connectivity index (χ4v) is 1.79.